The molecule has 18 heavy (non-hydrogen) atoms. The zero-order valence-electron chi connectivity index (χ0n) is 12.8. The lowest BCUT2D eigenvalue weighted by molar-refractivity contribution is -0.135. The van der Waals surface area contributed by atoms with Gasteiger partial charge in [-0.1, -0.05) is 20.8 Å². The standard InChI is InChI=1S/C14H30N2O2/c1-11(2)18-8-7-16(6)13(17)12(10-15)9-14(3,4)5/h11-12H,7-10,15H2,1-6H3. The van der Waals surface area contributed by atoms with Crippen LogP contribution in [0.3, 0.4) is 0 Å². The van der Waals surface area contributed by atoms with Crippen molar-refractivity contribution in [2.75, 3.05) is 26.7 Å². The first kappa shape index (κ1) is 17.4. The van der Waals surface area contributed by atoms with Gasteiger partial charge >= 0.3 is 0 Å². The van der Waals surface area contributed by atoms with E-state index in [1.54, 1.807) is 4.90 Å². The molecule has 0 aromatic rings. The van der Waals surface area contributed by atoms with Gasteiger partial charge in [-0.2, -0.15) is 0 Å². The second-order valence-electron chi connectivity index (χ2n) is 6.38. The Morgan fingerprint density at radius 3 is 2.28 bits per heavy atom. The summed E-state index contributed by atoms with van der Waals surface area (Å²) in [6.07, 6.45) is 1.02. The number of rotatable bonds is 7. The minimum atomic E-state index is -0.0888. The number of hydrogen-bond donors (Lipinski definition) is 1. The Hall–Kier alpha value is -0.610. The molecule has 0 bridgehead atoms. The molecule has 0 aliphatic rings. The van der Waals surface area contributed by atoms with Crippen LogP contribution in [0.5, 0.6) is 0 Å². The molecule has 0 spiro atoms. The van der Waals surface area contributed by atoms with Crippen LogP contribution in [0, 0.1) is 11.3 Å². The molecule has 0 saturated heterocycles. The second kappa shape index (κ2) is 7.74. The van der Waals surface area contributed by atoms with Crippen molar-refractivity contribution in [1.82, 2.24) is 4.90 Å². The maximum absolute atomic E-state index is 12.2. The lowest BCUT2D eigenvalue weighted by Crippen LogP contribution is -2.40. The van der Waals surface area contributed by atoms with E-state index in [9.17, 15) is 4.79 Å². The molecule has 0 heterocycles. The average molecular weight is 258 g/mol. The van der Waals surface area contributed by atoms with E-state index in [2.05, 4.69) is 20.8 Å². The van der Waals surface area contributed by atoms with Gasteiger partial charge in [-0.15, -0.1) is 0 Å². The first-order valence-electron chi connectivity index (χ1n) is 6.74. The molecule has 1 amide bonds. The van der Waals surface area contributed by atoms with Crippen molar-refractivity contribution < 1.29 is 9.53 Å². The van der Waals surface area contributed by atoms with Gasteiger partial charge in [-0.3, -0.25) is 4.79 Å². The van der Waals surface area contributed by atoms with Crippen LogP contribution in [-0.2, 0) is 9.53 Å². The molecule has 0 fully saturated rings. The number of nitrogens with two attached hydrogens (primary N) is 1. The molecule has 0 aliphatic heterocycles. The summed E-state index contributed by atoms with van der Waals surface area (Å²) >= 11 is 0. The Balaban J connectivity index is 4.23. The minimum absolute atomic E-state index is 0.0888. The summed E-state index contributed by atoms with van der Waals surface area (Å²) in [5, 5.41) is 0. The molecule has 0 radical (unpaired) electrons. The molecule has 1 atom stereocenters. The summed E-state index contributed by atoms with van der Waals surface area (Å²) in [5.74, 6) is 0.0360. The van der Waals surface area contributed by atoms with Gasteiger partial charge < -0.3 is 15.4 Å². The summed E-state index contributed by atoms with van der Waals surface area (Å²) in [6, 6.07) is 0. The first-order chi connectivity index (χ1) is 8.17. The molecule has 1 unspecified atom stereocenters. The maximum Gasteiger partial charge on any atom is 0.226 e. The fraction of sp³-hybridized carbons (Fsp3) is 0.929. The highest BCUT2D eigenvalue weighted by molar-refractivity contribution is 5.78. The fourth-order valence-electron chi connectivity index (χ4n) is 1.86. The maximum atomic E-state index is 12.2. The van der Waals surface area contributed by atoms with Gasteiger partial charge in [0.15, 0.2) is 0 Å². The van der Waals surface area contributed by atoms with E-state index in [0.29, 0.717) is 19.7 Å². The van der Waals surface area contributed by atoms with E-state index in [0.717, 1.165) is 6.42 Å². The molecule has 0 aromatic carbocycles. The first-order valence-corrected chi connectivity index (χ1v) is 6.74. The van der Waals surface area contributed by atoms with Crippen molar-refractivity contribution in [3.05, 3.63) is 0 Å². The van der Waals surface area contributed by atoms with Gasteiger partial charge in [0, 0.05) is 20.1 Å². The minimum Gasteiger partial charge on any atom is -0.377 e. The predicted molar refractivity (Wildman–Crippen MR) is 75.3 cm³/mol. The Morgan fingerprint density at radius 2 is 1.89 bits per heavy atom. The molecule has 0 rings (SSSR count). The Labute approximate surface area is 112 Å². The molecule has 4 nitrogen and oxygen atoms in total. The van der Waals surface area contributed by atoms with Crippen molar-refractivity contribution >= 4 is 5.91 Å². The van der Waals surface area contributed by atoms with Crippen LogP contribution < -0.4 is 5.73 Å². The van der Waals surface area contributed by atoms with Crippen molar-refractivity contribution in [3.8, 4) is 0 Å². The van der Waals surface area contributed by atoms with E-state index in [1.807, 2.05) is 20.9 Å². The van der Waals surface area contributed by atoms with E-state index < -0.39 is 0 Å². The van der Waals surface area contributed by atoms with Crippen molar-refractivity contribution in [2.45, 2.75) is 47.1 Å². The van der Waals surface area contributed by atoms with Crippen LogP contribution in [0.15, 0.2) is 0 Å². The quantitative estimate of drug-likeness (QED) is 0.758. The fourth-order valence-corrected chi connectivity index (χ4v) is 1.86. The Morgan fingerprint density at radius 1 is 1.33 bits per heavy atom. The smallest absolute Gasteiger partial charge is 0.226 e. The third-order valence-corrected chi connectivity index (χ3v) is 2.75. The number of hydrogen-bond acceptors (Lipinski definition) is 3. The van der Waals surface area contributed by atoms with Crippen LogP contribution in [0.4, 0.5) is 0 Å². The summed E-state index contributed by atoms with van der Waals surface area (Å²) in [7, 11) is 1.82. The molecule has 0 saturated carbocycles. The third kappa shape index (κ3) is 7.67. The Kier molecular flexibility index (Phi) is 7.48. The lowest BCUT2D eigenvalue weighted by atomic mass is 9.84. The molecular formula is C14H30N2O2. The third-order valence-electron chi connectivity index (χ3n) is 2.75. The van der Waals surface area contributed by atoms with E-state index >= 15 is 0 Å². The highest BCUT2D eigenvalue weighted by atomic mass is 16.5. The topological polar surface area (TPSA) is 55.6 Å². The summed E-state index contributed by atoms with van der Waals surface area (Å²) in [4.78, 5) is 13.9. The van der Waals surface area contributed by atoms with E-state index in [1.165, 1.54) is 0 Å². The summed E-state index contributed by atoms with van der Waals surface area (Å²) < 4.78 is 5.45. The van der Waals surface area contributed by atoms with Crippen LogP contribution in [0.1, 0.15) is 41.0 Å². The van der Waals surface area contributed by atoms with Crippen molar-refractivity contribution in [3.63, 3.8) is 0 Å². The van der Waals surface area contributed by atoms with Crippen LogP contribution >= 0.6 is 0 Å². The lowest BCUT2D eigenvalue weighted by Gasteiger charge is -2.28. The SMILES string of the molecule is CC(C)OCCN(C)C(=O)C(CN)CC(C)(C)C. The van der Waals surface area contributed by atoms with Crippen LogP contribution in [-0.4, -0.2) is 43.7 Å². The summed E-state index contributed by atoms with van der Waals surface area (Å²) in [5.41, 5.74) is 5.84. The zero-order chi connectivity index (χ0) is 14.3. The van der Waals surface area contributed by atoms with Gasteiger partial charge in [0.2, 0.25) is 5.91 Å². The number of amides is 1. The van der Waals surface area contributed by atoms with E-state index in [-0.39, 0.29) is 23.3 Å². The van der Waals surface area contributed by atoms with Crippen LogP contribution in [0.2, 0.25) is 0 Å². The molecule has 108 valence electrons. The molecule has 4 heteroatoms. The largest absolute Gasteiger partial charge is 0.377 e. The number of nitrogens with zero attached hydrogens (tertiary/aromatic N) is 1. The second-order valence-corrected chi connectivity index (χ2v) is 6.38. The number of likely N-dealkylation sites (N-methyl/N-ethyl adjacent to an activating group) is 1. The number of ether oxygens (including phenoxy) is 1. The highest BCUT2D eigenvalue weighted by Crippen LogP contribution is 2.24. The van der Waals surface area contributed by atoms with Gasteiger partial charge in [0.25, 0.3) is 0 Å². The van der Waals surface area contributed by atoms with Gasteiger partial charge in [-0.25, -0.2) is 0 Å². The highest BCUT2D eigenvalue weighted by Gasteiger charge is 2.25. The molecule has 0 aromatic heterocycles. The Bertz CT molecular complexity index is 247. The van der Waals surface area contributed by atoms with Gasteiger partial charge in [0.1, 0.15) is 0 Å². The monoisotopic (exact) mass is 258 g/mol. The zero-order valence-corrected chi connectivity index (χ0v) is 12.8. The number of carbonyl (C=O) groups excluding carboxylic acids is 1. The normalized spacial score (nSPS) is 13.8. The molecule has 2 N–H and O–H groups in total. The average Bonchev–Trinajstić information content (AvgIpc) is 2.23. The van der Waals surface area contributed by atoms with E-state index in [4.69, 9.17) is 10.5 Å². The predicted octanol–water partition coefficient (Wildman–Crippen LogP) is 1.88. The number of carbonyl (C=O) groups is 1. The van der Waals surface area contributed by atoms with Crippen molar-refractivity contribution in [2.24, 2.45) is 17.1 Å². The van der Waals surface area contributed by atoms with Gasteiger partial charge in [-0.05, 0) is 25.7 Å². The van der Waals surface area contributed by atoms with Crippen LogP contribution in [0.25, 0.3) is 0 Å². The van der Waals surface area contributed by atoms with Crippen molar-refractivity contribution in [1.29, 1.82) is 0 Å². The molecular weight excluding hydrogens is 228 g/mol. The summed E-state index contributed by atoms with van der Waals surface area (Å²) in [6.45, 7) is 12.0. The molecule has 0 aliphatic carbocycles. The van der Waals surface area contributed by atoms with Gasteiger partial charge in [0.05, 0.1) is 18.6 Å².